The van der Waals surface area contributed by atoms with E-state index in [2.05, 4.69) is 15.5 Å². The van der Waals surface area contributed by atoms with E-state index in [1.807, 2.05) is 6.92 Å². The lowest BCUT2D eigenvalue weighted by molar-refractivity contribution is -0.140. The Hall–Kier alpha value is -2.37. The number of hydrogen-bond acceptors (Lipinski definition) is 3. The quantitative estimate of drug-likeness (QED) is 0.775. The fraction of sp³-hybridized carbons (Fsp3) is 0.357. The Kier molecular flexibility index (Phi) is 4.02. The topological polar surface area (TPSA) is 95.1 Å². The first-order valence-electron chi connectivity index (χ1n) is 6.49. The molecule has 0 aliphatic heterocycles. The summed E-state index contributed by atoms with van der Waals surface area (Å²) in [6, 6.07) is 4.19. The zero-order chi connectivity index (χ0) is 14.7. The molecular formula is C14H17N3O3. The average molecular weight is 275 g/mol. The minimum absolute atomic E-state index is 0.130. The molecule has 0 fully saturated rings. The first-order valence-corrected chi connectivity index (χ1v) is 6.49. The molecule has 0 saturated carbocycles. The van der Waals surface area contributed by atoms with Crippen LogP contribution in [0.25, 0.3) is 10.9 Å². The van der Waals surface area contributed by atoms with Gasteiger partial charge in [-0.1, -0.05) is 20.3 Å². The molecule has 20 heavy (non-hydrogen) atoms. The van der Waals surface area contributed by atoms with Crippen molar-refractivity contribution in [2.75, 3.05) is 0 Å². The van der Waals surface area contributed by atoms with Crippen molar-refractivity contribution >= 4 is 22.8 Å². The van der Waals surface area contributed by atoms with E-state index < -0.39 is 12.0 Å². The van der Waals surface area contributed by atoms with Crippen LogP contribution >= 0.6 is 0 Å². The summed E-state index contributed by atoms with van der Waals surface area (Å²) in [5.74, 6) is -1.54. The van der Waals surface area contributed by atoms with Crippen molar-refractivity contribution in [1.29, 1.82) is 0 Å². The minimum Gasteiger partial charge on any atom is -0.480 e. The lowest BCUT2D eigenvalue weighted by atomic mass is 9.99. The summed E-state index contributed by atoms with van der Waals surface area (Å²) in [5.41, 5.74) is 1.26. The number of aromatic amines is 1. The van der Waals surface area contributed by atoms with Gasteiger partial charge in [-0.3, -0.25) is 9.89 Å². The van der Waals surface area contributed by atoms with Crippen molar-refractivity contribution in [1.82, 2.24) is 15.5 Å². The molecule has 0 aliphatic rings. The predicted octanol–water partition coefficient (Wildman–Crippen LogP) is 1.79. The maximum atomic E-state index is 12.1. The molecule has 0 radical (unpaired) electrons. The number of benzene rings is 1. The van der Waals surface area contributed by atoms with Crippen molar-refractivity contribution < 1.29 is 14.7 Å². The summed E-state index contributed by atoms with van der Waals surface area (Å²) in [5, 5.41) is 19.2. The average Bonchev–Trinajstić information content (AvgIpc) is 2.90. The third-order valence-corrected chi connectivity index (χ3v) is 3.47. The number of nitrogens with zero attached hydrogens (tertiary/aromatic N) is 1. The Morgan fingerprint density at radius 1 is 1.45 bits per heavy atom. The van der Waals surface area contributed by atoms with Gasteiger partial charge in [0.15, 0.2) is 0 Å². The van der Waals surface area contributed by atoms with Crippen LogP contribution in [-0.2, 0) is 4.79 Å². The van der Waals surface area contributed by atoms with Crippen LogP contribution in [0.15, 0.2) is 24.4 Å². The highest BCUT2D eigenvalue weighted by Crippen LogP contribution is 2.14. The largest absolute Gasteiger partial charge is 0.480 e. The van der Waals surface area contributed by atoms with E-state index in [0.717, 1.165) is 10.9 Å². The molecule has 0 spiro atoms. The maximum Gasteiger partial charge on any atom is 0.326 e. The van der Waals surface area contributed by atoms with E-state index in [9.17, 15) is 14.7 Å². The smallest absolute Gasteiger partial charge is 0.326 e. The van der Waals surface area contributed by atoms with Crippen LogP contribution in [-0.4, -0.2) is 33.2 Å². The lowest BCUT2D eigenvalue weighted by Crippen LogP contribution is -2.45. The molecule has 1 aromatic heterocycles. The van der Waals surface area contributed by atoms with Gasteiger partial charge in [-0.2, -0.15) is 5.10 Å². The Balaban J connectivity index is 2.19. The van der Waals surface area contributed by atoms with Gasteiger partial charge >= 0.3 is 5.97 Å². The molecule has 106 valence electrons. The third-order valence-electron chi connectivity index (χ3n) is 3.47. The van der Waals surface area contributed by atoms with Gasteiger partial charge in [-0.05, 0) is 24.1 Å². The summed E-state index contributed by atoms with van der Waals surface area (Å²) in [6.45, 7) is 3.70. The number of aromatic nitrogens is 2. The third kappa shape index (κ3) is 2.79. The number of carbonyl (C=O) groups excluding carboxylic acids is 1. The van der Waals surface area contributed by atoms with Gasteiger partial charge in [0.1, 0.15) is 6.04 Å². The highest BCUT2D eigenvalue weighted by molar-refractivity contribution is 5.99. The molecule has 6 heteroatoms. The lowest BCUT2D eigenvalue weighted by Gasteiger charge is -2.20. The van der Waals surface area contributed by atoms with Crippen LogP contribution in [0.1, 0.15) is 30.6 Å². The molecule has 1 aromatic carbocycles. The number of amides is 1. The number of nitrogens with one attached hydrogen (secondary N) is 2. The number of fused-ring (bicyclic) bond motifs is 1. The van der Waals surface area contributed by atoms with E-state index >= 15 is 0 Å². The van der Waals surface area contributed by atoms with Crippen LogP contribution in [0, 0.1) is 5.92 Å². The summed E-state index contributed by atoms with van der Waals surface area (Å²) in [6.07, 6.45) is 2.30. The summed E-state index contributed by atoms with van der Waals surface area (Å²) < 4.78 is 0. The molecule has 3 N–H and O–H groups in total. The highest BCUT2D eigenvalue weighted by atomic mass is 16.4. The standard InChI is InChI=1S/C14H17N3O3/c1-3-8(2)12(14(19)20)16-13(18)9-4-5-11-10(6-9)7-15-17-11/h4-8,12H,3H2,1-2H3,(H,15,17)(H,16,18)(H,19,20)/t8?,12-/m0/s1. The van der Waals surface area contributed by atoms with Crippen molar-refractivity contribution in [3.05, 3.63) is 30.0 Å². The SMILES string of the molecule is CCC(C)[C@H](NC(=O)c1ccc2[nH]ncc2c1)C(=O)O. The number of carboxylic acid groups (broad SMARTS) is 1. The fourth-order valence-electron chi connectivity index (χ4n) is 1.99. The fourth-order valence-corrected chi connectivity index (χ4v) is 1.99. The van der Waals surface area contributed by atoms with Crippen molar-refractivity contribution in [3.63, 3.8) is 0 Å². The molecule has 1 amide bonds. The Labute approximate surface area is 116 Å². The highest BCUT2D eigenvalue weighted by Gasteiger charge is 2.25. The second kappa shape index (κ2) is 5.73. The molecule has 2 aromatic rings. The van der Waals surface area contributed by atoms with Crippen LogP contribution in [0.3, 0.4) is 0 Å². The van der Waals surface area contributed by atoms with Crippen LogP contribution in [0.4, 0.5) is 0 Å². The summed E-state index contributed by atoms with van der Waals surface area (Å²) in [7, 11) is 0. The van der Waals surface area contributed by atoms with Gasteiger partial charge in [-0.15, -0.1) is 0 Å². The predicted molar refractivity (Wildman–Crippen MR) is 74.4 cm³/mol. The second-order valence-corrected chi connectivity index (χ2v) is 4.85. The summed E-state index contributed by atoms with van der Waals surface area (Å²) in [4.78, 5) is 23.3. The second-order valence-electron chi connectivity index (χ2n) is 4.85. The molecule has 0 saturated heterocycles. The Bertz CT molecular complexity index is 635. The summed E-state index contributed by atoms with van der Waals surface area (Å²) >= 11 is 0. The number of carboxylic acids is 1. The van der Waals surface area contributed by atoms with Crippen molar-refractivity contribution in [3.8, 4) is 0 Å². The molecular weight excluding hydrogens is 258 g/mol. The van der Waals surface area contributed by atoms with Crippen molar-refractivity contribution in [2.45, 2.75) is 26.3 Å². The molecule has 2 rings (SSSR count). The molecule has 0 aliphatic carbocycles. The number of carbonyl (C=O) groups is 2. The zero-order valence-electron chi connectivity index (χ0n) is 11.4. The number of aliphatic carboxylic acids is 1. The van der Waals surface area contributed by atoms with Gasteiger partial charge in [-0.25, -0.2) is 4.79 Å². The van der Waals surface area contributed by atoms with Crippen LogP contribution in [0.5, 0.6) is 0 Å². The van der Waals surface area contributed by atoms with E-state index in [1.54, 1.807) is 31.3 Å². The van der Waals surface area contributed by atoms with Gasteiger partial charge in [0.25, 0.3) is 5.91 Å². The minimum atomic E-state index is -1.02. The Morgan fingerprint density at radius 2 is 2.20 bits per heavy atom. The number of rotatable bonds is 5. The first kappa shape index (κ1) is 14.0. The van der Waals surface area contributed by atoms with E-state index in [4.69, 9.17) is 0 Å². The zero-order valence-corrected chi connectivity index (χ0v) is 11.4. The first-order chi connectivity index (χ1) is 9.52. The molecule has 6 nitrogen and oxygen atoms in total. The van der Waals surface area contributed by atoms with Crippen LogP contribution in [0.2, 0.25) is 0 Å². The normalized spacial score (nSPS) is 13.9. The molecule has 0 bridgehead atoms. The molecule has 2 atom stereocenters. The van der Waals surface area contributed by atoms with Crippen LogP contribution < -0.4 is 5.32 Å². The monoisotopic (exact) mass is 275 g/mol. The number of H-pyrrole nitrogens is 1. The van der Waals surface area contributed by atoms with Gasteiger partial charge < -0.3 is 10.4 Å². The molecule has 1 heterocycles. The van der Waals surface area contributed by atoms with Crippen molar-refractivity contribution in [2.24, 2.45) is 5.92 Å². The van der Waals surface area contributed by atoms with E-state index in [1.165, 1.54) is 0 Å². The Morgan fingerprint density at radius 3 is 2.85 bits per heavy atom. The van der Waals surface area contributed by atoms with E-state index in [0.29, 0.717) is 12.0 Å². The van der Waals surface area contributed by atoms with Gasteiger partial charge in [0.2, 0.25) is 0 Å². The van der Waals surface area contributed by atoms with Gasteiger partial charge in [0.05, 0.1) is 11.7 Å². The number of hydrogen-bond donors (Lipinski definition) is 3. The maximum absolute atomic E-state index is 12.1. The molecule has 1 unspecified atom stereocenters. The van der Waals surface area contributed by atoms with E-state index in [-0.39, 0.29) is 11.8 Å². The van der Waals surface area contributed by atoms with Gasteiger partial charge in [0, 0.05) is 10.9 Å².